The minimum absolute atomic E-state index is 1.14. The Bertz CT molecular complexity index is 137. The SMILES string of the molecule is CNCCCN1CCN(CCCNC)CC1. The van der Waals surface area contributed by atoms with E-state index in [1.54, 1.807) is 0 Å². The highest BCUT2D eigenvalue weighted by Crippen LogP contribution is 2.02. The fourth-order valence-corrected chi connectivity index (χ4v) is 2.20. The number of hydrogen-bond donors (Lipinski definition) is 2. The van der Waals surface area contributed by atoms with E-state index in [0.717, 1.165) is 13.1 Å². The molecule has 1 aliphatic rings. The maximum absolute atomic E-state index is 3.21. The highest BCUT2D eigenvalue weighted by Gasteiger charge is 2.15. The van der Waals surface area contributed by atoms with E-state index in [1.165, 1.54) is 52.1 Å². The van der Waals surface area contributed by atoms with Crippen molar-refractivity contribution in [1.82, 2.24) is 20.4 Å². The molecule has 1 heterocycles. The van der Waals surface area contributed by atoms with Crippen molar-refractivity contribution in [3.05, 3.63) is 0 Å². The summed E-state index contributed by atoms with van der Waals surface area (Å²) in [5.41, 5.74) is 0. The van der Waals surface area contributed by atoms with Crippen LogP contribution in [0.2, 0.25) is 0 Å². The van der Waals surface area contributed by atoms with Gasteiger partial charge in [0.15, 0.2) is 0 Å². The third kappa shape index (κ3) is 5.80. The second-order valence-electron chi connectivity index (χ2n) is 4.60. The van der Waals surface area contributed by atoms with Crippen LogP contribution in [-0.4, -0.2) is 76.3 Å². The van der Waals surface area contributed by atoms with Crippen LogP contribution in [0.4, 0.5) is 0 Å². The minimum atomic E-state index is 1.14. The fourth-order valence-electron chi connectivity index (χ4n) is 2.20. The maximum atomic E-state index is 3.21. The summed E-state index contributed by atoms with van der Waals surface area (Å²) < 4.78 is 0. The molecule has 0 aromatic rings. The van der Waals surface area contributed by atoms with Gasteiger partial charge in [-0.3, -0.25) is 0 Å². The summed E-state index contributed by atoms with van der Waals surface area (Å²) in [5, 5.41) is 6.41. The highest BCUT2D eigenvalue weighted by atomic mass is 15.3. The van der Waals surface area contributed by atoms with Crippen LogP contribution in [0, 0.1) is 0 Å². The average molecular weight is 228 g/mol. The lowest BCUT2D eigenvalue weighted by Crippen LogP contribution is -2.47. The summed E-state index contributed by atoms with van der Waals surface area (Å²) in [4.78, 5) is 5.18. The van der Waals surface area contributed by atoms with Crippen LogP contribution in [0.3, 0.4) is 0 Å². The van der Waals surface area contributed by atoms with Crippen LogP contribution in [-0.2, 0) is 0 Å². The van der Waals surface area contributed by atoms with Crippen LogP contribution in [0.1, 0.15) is 12.8 Å². The molecule has 0 atom stereocenters. The maximum Gasteiger partial charge on any atom is 0.0110 e. The Labute approximate surface area is 100 Å². The van der Waals surface area contributed by atoms with E-state index in [4.69, 9.17) is 0 Å². The van der Waals surface area contributed by atoms with Crippen molar-refractivity contribution in [3.63, 3.8) is 0 Å². The quantitative estimate of drug-likeness (QED) is 0.565. The molecule has 1 aliphatic heterocycles. The van der Waals surface area contributed by atoms with Crippen LogP contribution < -0.4 is 10.6 Å². The number of hydrogen-bond acceptors (Lipinski definition) is 4. The Morgan fingerprint density at radius 3 is 1.44 bits per heavy atom. The molecule has 0 spiro atoms. The average Bonchev–Trinajstić information content (AvgIpc) is 2.32. The predicted octanol–water partition coefficient (Wildman–Crippen LogP) is -0.177. The summed E-state index contributed by atoms with van der Waals surface area (Å²) >= 11 is 0. The molecule has 16 heavy (non-hydrogen) atoms. The van der Waals surface area contributed by atoms with Gasteiger partial charge >= 0.3 is 0 Å². The van der Waals surface area contributed by atoms with Crippen molar-refractivity contribution in [2.24, 2.45) is 0 Å². The van der Waals surface area contributed by atoms with Gasteiger partial charge in [0, 0.05) is 26.2 Å². The minimum Gasteiger partial charge on any atom is -0.320 e. The molecule has 1 rings (SSSR count). The van der Waals surface area contributed by atoms with Crippen LogP contribution in [0.15, 0.2) is 0 Å². The van der Waals surface area contributed by atoms with Crippen molar-refractivity contribution in [2.45, 2.75) is 12.8 Å². The van der Waals surface area contributed by atoms with Gasteiger partial charge in [-0.25, -0.2) is 0 Å². The second kappa shape index (κ2) is 8.93. The molecule has 0 bridgehead atoms. The Hall–Kier alpha value is -0.160. The number of rotatable bonds is 8. The number of piperazine rings is 1. The van der Waals surface area contributed by atoms with Crippen LogP contribution in [0.25, 0.3) is 0 Å². The molecule has 4 heteroatoms. The molecule has 0 saturated carbocycles. The predicted molar refractivity (Wildman–Crippen MR) is 70.0 cm³/mol. The Morgan fingerprint density at radius 2 is 1.12 bits per heavy atom. The van der Waals surface area contributed by atoms with Gasteiger partial charge in [0.05, 0.1) is 0 Å². The number of nitrogens with one attached hydrogen (secondary N) is 2. The van der Waals surface area contributed by atoms with E-state index in [0.29, 0.717) is 0 Å². The third-order valence-electron chi connectivity index (χ3n) is 3.27. The van der Waals surface area contributed by atoms with Gasteiger partial charge in [-0.1, -0.05) is 0 Å². The zero-order chi connectivity index (χ0) is 11.6. The molecule has 1 saturated heterocycles. The highest BCUT2D eigenvalue weighted by molar-refractivity contribution is 4.72. The first-order valence-electron chi connectivity index (χ1n) is 6.60. The Kier molecular flexibility index (Phi) is 7.76. The first-order chi connectivity index (χ1) is 7.86. The molecule has 0 aromatic carbocycles. The summed E-state index contributed by atoms with van der Waals surface area (Å²) in [6, 6.07) is 0. The van der Waals surface area contributed by atoms with Crippen LogP contribution in [0.5, 0.6) is 0 Å². The van der Waals surface area contributed by atoms with Crippen molar-refractivity contribution in [3.8, 4) is 0 Å². The molecule has 4 nitrogen and oxygen atoms in total. The molecule has 2 N–H and O–H groups in total. The largest absolute Gasteiger partial charge is 0.320 e. The lowest BCUT2D eigenvalue weighted by Gasteiger charge is -2.34. The van der Waals surface area contributed by atoms with Gasteiger partial charge in [0.1, 0.15) is 0 Å². The zero-order valence-electron chi connectivity index (χ0n) is 11.0. The van der Waals surface area contributed by atoms with E-state index in [-0.39, 0.29) is 0 Å². The number of nitrogens with zero attached hydrogens (tertiary/aromatic N) is 2. The van der Waals surface area contributed by atoms with Gasteiger partial charge in [-0.15, -0.1) is 0 Å². The van der Waals surface area contributed by atoms with E-state index in [1.807, 2.05) is 14.1 Å². The molecule has 0 aromatic heterocycles. The summed E-state index contributed by atoms with van der Waals surface area (Å²) in [6.45, 7) is 9.81. The van der Waals surface area contributed by atoms with Gasteiger partial charge in [0.2, 0.25) is 0 Å². The lowest BCUT2D eigenvalue weighted by molar-refractivity contribution is 0.130. The lowest BCUT2D eigenvalue weighted by atomic mass is 10.2. The Balaban J connectivity index is 2.00. The Morgan fingerprint density at radius 1 is 0.750 bits per heavy atom. The summed E-state index contributed by atoms with van der Waals surface area (Å²) in [7, 11) is 4.05. The van der Waals surface area contributed by atoms with E-state index >= 15 is 0 Å². The molecule has 1 fully saturated rings. The molecule has 96 valence electrons. The van der Waals surface area contributed by atoms with Crippen molar-refractivity contribution >= 4 is 0 Å². The first kappa shape index (κ1) is 13.9. The fraction of sp³-hybridized carbons (Fsp3) is 1.00. The van der Waals surface area contributed by atoms with E-state index < -0.39 is 0 Å². The smallest absolute Gasteiger partial charge is 0.0110 e. The summed E-state index contributed by atoms with van der Waals surface area (Å²) in [5.74, 6) is 0. The van der Waals surface area contributed by atoms with E-state index in [9.17, 15) is 0 Å². The molecule has 0 amide bonds. The molecule has 0 aliphatic carbocycles. The molecular formula is C12H28N4. The van der Waals surface area contributed by atoms with Gasteiger partial charge < -0.3 is 20.4 Å². The first-order valence-corrected chi connectivity index (χ1v) is 6.60. The monoisotopic (exact) mass is 228 g/mol. The summed E-state index contributed by atoms with van der Waals surface area (Å²) in [6.07, 6.45) is 2.55. The molecule has 0 unspecified atom stereocenters. The van der Waals surface area contributed by atoms with Gasteiger partial charge in [0.25, 0.3) is 0 Å². The van der Waals surface area contributed by atoms with Gasteiger partial charge in [-0.05, 0) is 53.1 Å². The van der Waals surface area contributed by atoms with Crippen molar-refractivity contribution in [2.75, 3.05) is 66.5 Å². The molecule has 0 radical (unpaired) electrons. The zero-order valence-corrected chi connectivity index (χ0v) is 11.0. The van der Waals surface area contributed by atoms with Crippen LogP contribution >= 0.6 is 0 Å². The van der Waals surface area contributed by atoms with Crippen molar-refractivity contribution < 1.29 is 0 Å². The second-order valence-corrected chi connectivity index (χ2v) is 4.60. The standard InChI is InChI=1S/C12H28N4/c1-13-5-3-7-15-9-11-16(12-10-15)8-4-6-14-2/h13-14H,3-12H2,1-2H3. The van der Waals surface area contributed by atoms with Crippen molar-refractivity contribution in [1.29, 1.82) is 0 Å². The molecular weight excluding hydrogens is 200 g/mol. The van der Waals surface area contributed by atoms with E-state index in [2.05, 4.69) is 20.4 Å². The third-order valence-corrected chi connectivity index (χ3v) is 3.27. The van der Waals surface area contributed by atoms with Gasteiger partial charge in [-0.2, -0.15) is 0 Å². The normalized spacial score (nSPS) is 19.1. The topological polar surface area (TPSA) is 30.5 Å².